The Kier molecular flexibility index (Phi) is 3.42. The van der Waals surface area contributed by atoms with Gasteiger partial charge in [0.1, 0.15) is 5.52 Å². The lowest BCUT2D eigenvalue weighted by molar-refractivity contribution is -0.147. The van der Waals surface area contributed by atoms with Crippen molar-refractivity contribution in [3.05, 3.63) is 30.2 Å². The maximum absolute atomic E-state index is 11.3. The van der Waals surface area contributed by atoms with Crippen LogP contribution < -0.4 is 0 Å². The molecule has 0 fully saturated rings. The van der Waals surface area contributed by atoms with E-state index in [-0.39, 0.29) is 11.9 Å². The number of hydrogen-bond donors (Lipinski definition) is 0. The van der Waals surface area contributed by atoms with E-state index in [2.05, 4.69) is 4.98 Å². The normalized spacial score (nSPS) is 11.0. The Morgan fingerprint density at radius 3 is 3.06 bits per heavy atom. The number of para-hydroxylation sites is 1. The van der Waals surface area contributed by atoms with Crippen LogP contribution in [0.15, 0.2) is 29.0 Å². The van der Waals surface area contributed by atoms with Crippen LogP contribution in [0.25, 0.3) is 11.1 Å². The molecule has 1 aromatic carbocycles. The molecule has 0 radical (unpaired) electrons. The molecule has 1 aromatic heterocycles. The Balaban J connectivity index is 1.99. The van der Waals surface area contributed by atoms with E-state index in [1.165, 1.54) is 6.39 Å². The topological polar surface area (TPSA) is 52.3 Å². The number of carbonyl (C=O) groups is 1. The van der Waals surface area contributed by atoms with Crippen molar-refractivity contribution in [2.24, 2.45) is 5.92 Å². The van der Waals surface area contributed by atoms with Gasteiger partial charge >= 0.3 is 5.97 Å². The maximum atomic E-state index is 11.3. The van der Waals surface area contributed by atoms with Crippen molar-refractivity contribution in [1.29, 1.82) is 0 Å². The second kappa shape index (κ2) is 4.99. The van der Waals surface area contributed by atoms with Gasteiger partial charge in [-0.3, -0.25) is 4.79 Å². The number of nitrogens with zero attached hydrogens (tertiary/aromatic N) is 1. The first-order valence-corrected chi connectivity index (χ1v) is 5.66. The standard InChI is InChI=1S/C13H15NO3/c1-9(2)13(15)16-7-6-10-4-3-5-11-12(10)17-8-14-11/h3-5,8-9H,6-7H2,1-2H3. The number of esters is 1. The zero-order valence-corrected chi connectivity index (χ0v) is 9.97. The van der Waals surface area contributed by atoms with E-state index in [1.807, 2.05) is 32.0 Å². The van der Waals surface area contributed by atoms with Crippen molar-refractivity contribution in [2.75, 3.05) is 6.61 Å². The molecule has 17 heavy (non-hydrogen) atoms. The number of rotatable bonds is 4. The van der Waals surface area contributed by atoms with E-state index >= 15 is 0 Å². The van der Waals surface area contributed by atoms with E-state index in [4.69, 9.17) is 9.15 Å². The van der Waals surface area contributed by atoms with Gasteiger partial charge in [0.2, 0.25) is 0 Å². The van der Waals surface area contributed by atoms with Gasteiger partial charge in [-0.15, -0.1) is 0 Å². The van der Waals surface area contributed by atoms with Crippen LogP contribution in [0.4, 0.5) is 0 Å². The molecule has 0 saturated heterocycles. The van der Waals surface area contributed by atoms with E-state index in [9.17, 15) is 4.79 Å². The second-order valence-corrected chi connectivity index (χ2v) is 4.19. The van der Waals surface area contributed by atoms with Crippen molar-refractivity contribution in [3.63, 3.8) is 0 Å². The Bertz CT molecular complexity index is 516. The van der Waals surface area contributed by atoms with Crippen LogP contribution in [-0.2, 0) is 16.0 Å². The second-order valence-electron chi connectivity index (χ2n) is 4.19. The van der Waals surface area contributed by atoms with Gasteiger partial charge in [-0.2, -0.15) is 0 Å². The number of ether oxygens (including phenoxy) is 1. The highest BCUT2D eigenvalue weighted by atomic mass is 16.5. The van der Waals surface area contributed by atoms with Crippen molar-refractivity contribution < 1.29 is 13.9 Å². The largest absolute Gasteiger partial charge is 0.465 e. The molecular formula is C13H15NO3. The summed E-state index contributed by atoms with van der Waals surface area (Å²) in [5.41, 5.74) is 2.61. The molecule has 2 rings (SSSR count). The molecule has 0 bridgehead atoms. The molecule has 2 aromatic rings. The van der Waals surface area contributed by atoms with E-state index < -0.39 is 0 Å². The fourth-order valence-electron chi connectivity index (χ4n) is 1.57. The highest BCUT2D eigenvalue weighted by Gasteiger charge is 2.09. The fraction of sp³-hybridized carbons (Fsp3) is 0.385. The van der Waals surface area contributed by atoms with Gasteiger partial charge in [-0.25, -0.2) is 4.98 Å². The van der Waals surface area contributed by atoms with Crippen LogP contribution in [-0.4, -0.2) is 17.6 Å². The van der Waals surface area contributed by atoms with Gasteiger partial charge < -0.3 is 9.15 Å². The third kappa shape index (κ3) is 2.64. The Morgan fingerprint density at radius 1 is 1.47 bits per heavy atom. The lowest BCUT2D eigenvalue weighted by atomic mass is 10.1. The molecule has 0 unspecified atom stereocenters. The Labute approximate surface area is 99.6 Å². The molecule has 0 aliphatic carbocycles. The zero-order valence-electron chi connectivity index (χ0n) is 9.97. The van der Waals surface area contributed by atoms with Crippen molar-refractivity contribution in [3.8, 4) is 0 Å². The minimum Gasteiger partial charge on any atom is -0.465 e. The quantitative estimate of drug-likeness (QED) is 0.761. The lowest BCUT2D eigenvalue weighted by Crippen LogP contribution is -2.13. The van der Waals surface area contributed by atoms with E-state index in [0.717, 1.165) is 16.7 Å². The van der Waals surface area contributed by atoms with Crippen LogP contribution >= 0.6 is 0 Å². The van der Waals surface area contributed by atoms with Gasteiger partial charge in [-0.1, -0.05) is 26.0 Å². The zero-order chi connectivity index (χ0) is 12.3. The van der Waals surface area contributed by atoms with Crippen LogP contribution in [0, 0.1) is 5.92 Å². The van der Waals surface area contributed by atoms with Gasteiger partial charge in [0, 0.05) is 12.0 Å². The van der Waals surface area contributed by atoms with Crippen LogP contribution in [0.1, 0.15) is 19.4 Å². The maximum Gasteiger partial charge on any atom is 0.308 e. The highest BCUT2D eigenvalue weighted by Crippen LogP contribution is 2.17. The summed E-state index contributed by atoms with van der Waals surface area (Å²) in [4.78, 5) is 15.4. The van der Waals surface area contributed by atoms with Gasteiger partial charge in [0.05, 0.1) is 12.5 Å². The average molecular weight is 233 g/mol. The first kappa shape index (κ1) is 11.6. The molecule has 4 heteroatoms. The Morgan fingerprint density at radius 2 is 2.29 bits per heavy atom. The molecule has 0 atom stereocenters. The summed E-state index contributed by atoms with van der Waals surface area (Å²) in [6.45, 7) is 4.01. The third-order valence-electron chi connectivity index (χ3n) is 2.53. The molecule has 0 spiro atoms. The molecule has 1 heterocycles. The van der Waals surface area contributed by atoms with Crippen molar-refractivity contribution in [1.82, 2.24) is 4.98 Å². The van der Waals surface area contributed by atoms with Crippen molar-refractivity contribution in [2.45, 2.75) is 20.3 Å². The monoisotopic (exact) mass is 233 g/mol. The molecule has 90 valence electrons. The molecule has 0 aliphatic rings. The minimum absolute atomic E-state index is 0.0870. The minimum atomic E-state index is -0.172. The average Bonchev–Trinajstić information content (AvgIpc) is 2.77. The Hall–Kier alpha value is -1.84. The molecular weight excluding hydrogens is 218 g/mol. The SMILES string of the molecule is CC(C)C(=O)OCCc1cccc2ncoc12. The number of carbonyl (C=O) groups excluding carboxylic acids is 1. The molecule has 0 aliphatic heterocycles. The van der Waals surface area contributed by atoms with E-state index in [1.54, 1.807) is 0 Å². The predicted octanol–water partition coefficient (Wildman–Crippen LogP) is 2.57. The number of aromatic nitrogens is 1. The van der Waals surface area contributed by atoms with Crippen LogP contribution in [0.5, 0.6) is 0 Å². The van der Waals surface area contributed by atoms with Gasteiger partial charge in [-0.05, 0) is 6.07 Å². The van der Waals surface area contributed by atoms with Crippen molar-refractivity contribution >= 4 is 17.1 Å². The third-order valence-corrected chi connectivity index (χ3v) is 2.53. The number of hydrogen-bond acceptors (Lipinski definition) is 4. The molecule has 0 saturated carbocycles. The summed E-state index contributed by atoms with van der Waals surface area (Å²) in [6, 6.07) is 5.77. The van der Waals surface area contributed by atoms with Crippen LogP contribution in [0.2, 0.25) is 0 Å². The van der Waals surface area contributed by atoms with Crippen LogP contribution in [0.3, 0.4) is 0 Å². The molecule has 4 nitrogen and oxygen atoms in total. The summed E-state index contributed by atoms with van der Waals surface area (Å²) in [7, 11) is 0. The summed E-state index contributed by atoms with van der Waals surface area (Å²) >= 11 is 0. The molecule has 0 amide bonds. The summed E-state index contributed by atoms with van der Waals surface area (Å²) < 4.78 is 10.4. The highest BCUT2D eigenvalue weighted by molar-refractivity contribution is 5.76. The predicted molar refractivity (Wildman–Crippen MR) is 63.5 cm³/mol. The fourth-order valence-corrected chi connectivity index (χ4v) is 1.57. The first-order chi connectivity index (χ1) is 8.18. The smallest absolute Gasteiger partial charge is 0.308 e. The summed E-state index contributed by atoms with van der Waals surface area (Å²) in [5.74, 6) is -0.259. The molecule has 0 N–H and O–H groups in total. The number of benzene rings is 1. The van der Waals surface area contributed by atoms with Gasteiger partial charge in [0.25, 0.3) is 0 Å². The number of fused-ring (bicyclic) bond motifs is 1. The first-order valence-electron chi connectivity index (χ1n) is 5.66. The summed E-state index contributed by atoms with van der Waals surface area (Å²) in [5, 5.41) is 0. The van der Waals surface area contributed by atoms with E-state index in [0.29, 0.717) is 13.0 Å². The van der Waals surface area contributed by atoms with Gasteiger partial charge in [0.15, 0.2) is 12.0 Å². The summed E-state index contributed by atoms with van der Waals surface area (Å²) in [6.07, 6.45) is 2.07. The number of oxazole rings is 1. The lowest BCUT2D eigenvalue weighted by Gasteiger charge is -2.06.